The van der Waals surface area contributed by atoms with Gasteiger partial charge in [-0.1, -0.05) is 0 Å². The summed E-state index contributed by atoms with van der Waals surface area (Å²) in [6, 6.07) is 1.78. The number of nitrogens with one attached hydrogen (secondary N) is 1. The van der Waals surface area contributed by atoms with Crippen LogP contribution in [0.25, 0.3) is 5.65 Å². The quantitative estimate of drug-likeness (QED) is 0.526. The minimum atomic E-state index is 0.637. The molecule has 4 heteroatoms. The fourth-order valence-electron chi connectivity index (χ4n) is 0.827. The number of imidazole rings is 1. The number of rotatable bonds is 0. The van der Waals surface area contributed by atoms with E-state index in [2.05, 4.69) is 10.1 Å². The van der Waals surface area contributed by atoms with E-state index >= 15 is 0 Å². The molecule has 0 aromatic carbocycles. The smallest absolute Gasteiger partial charge is 0.154 e. The molecule has 2 heterocycles. The average Bonchev–Trinajstić information content (AvgIpc) is 2.22. The molecule has 0 saturated carbocycles. The summed E-state index contributed by atoms with van der Waals surface area (Å²) in [7, 11) is 0. The fourth-order valence-corrected chi connectivity index (χ4v) is 0.827. The normalized spacial score (nSPS) is 10.7. The Hall–Kier alpha value is -1.45. The average molecular weight is 122 g/mol. The lowest BCUT2D eigenvalue weighted by molar-refractivity contribution is 0.980. The molecule has 0 unspecified atom stereocenters. The maximum atomic E-state index is 5.42. The highest BCUT2D eigenvalue weighted by molar-refractivity contribution is 5.47. The van der Waals surface area contributed by atoms with Crippen molar-refractivity contribution in [3.05, 3.63) is 18.5 Å². The summed E-state index contributed by atoms with van der Waals surface area (Å²) in [6.07, 6.45) is 3.52. The minimum absolute atomic E-state index is 0.637. The third-order valence-electron chi connectivity index (χ3n) is 1.20. The maximum absolute atomic E-state index is 5.42. The first-order valence-corrected chi connectivity index (χ1v) is 2.64. The van der Waals surface area contributed by atoms with Crippen LogP contribution in [-0.4, -0.2) is 14.6 Å². The summed E-state index contributed by atoms with van der Waals surface area (Å²) in [5.41, 5.74) is 6.27. The van der Waals surface area contributed by atoms with Crippen molar-refractivity contribution < 1.29 is 0 Å². The molecule has 0 atom stereocenters. The SMILES string of the molecule is Nc1cc2nccn2[nH]1. The maximum Gasteiger partial charge on any atom is 0.154 e. The summed E-state index contributed by atoms with van der Waals surface area (Å²) in [4.78, 5) is 3.99. The first-order valence-electron chi connectivity index (χ1n) is 2.64. The van der Waals surface area contributed by atoms with E-state index in [1.165, 1.54) is 0 Å². The Kier molecular flexibility index (Phi) is 0.631. The standard InChI is InChI=1S/C5H6N4/c6-4-3-5-7-1-2-9(5)8-4/h1-3,8H,6H2. The van der Waals surface area contributed by atoms with Crippen molar-refractivity contribution >= 4 is 11.5 Å². The monoisotopic (exact) mass is 122 g/mol. The second-order valence-electron chi connectivity index (χ2n) is 1.87. The van der Waals surface area contributed by atoms with Crippen molar-refractivity contribution in [2.45, 2.75) is 0 Å². The molecule has 2 aromatic rings. The minimum Gasteiger partial charge on any atom is -0.384 e. The van der Waals surface area contributed by atoms with Crippen LogP contribution < -0.4 is 5.73 Å². The number of hydrogen-bond donors (Lipinski definition) is 2. The molecule has 0 aliphatic carbocycles. The van der Waals surface area contributed by atoms with Crippen LogP contribution in [0, 0.1) is 0 Å². The summed E-state index contributed by atoms with van der Waals surface area (Å²) >= 11 is 0. The van der Waals surface area contributed by atoms with Gasteiger partial charge in [-0.25, -0.2) is 9.50 Å². The van der Waals surface area contributed by atoms with Gasteiger partial charge in [0.15, 0.2) is 5.65 Å². The third-order valence-corrected chi connectivity index (χ3v) is 1.20. The van der Waals surface area contributed by atoms with E-state index in [9.17, 15) is 0 Å². The molecule has 2 rings (SSSR count). The molecular weight excluding hydrogens is 116 g/mol. The highest BCUT2D eigenvalue weighted by Gasteiger charge is 1.93. The van der Waals surface area contributed by atoms with Crippen LogP contribution in [0.3, 0.4) is 0 Å². The van der Waals surface area contributed by atoms with Gasteiger partial charge in [-0.15, -0.1) is 0 Å². The lowest BCUT2D eigenvalue weighted by atomic mass is 10.6. The zero-order valence-corrected chi connectivity index (χ0v) is 4.70. The molecule has 4 nitrogen and oxygen atoms in total. The lowest BCUT2D eigenvalue weighted by Crippen LogP contribution is -1.85. The van der Waals surface area contributed by atoms with Crippen molar-refractivity contribution in [2.75, 3.05) is 5.73 Å². The molecular formula is C5H6N4. The summed E-state index contributed by atoms with van der Waals surface area (Å²) < 4.78 is 1.76. The number of hydrogen-bond acceptors (Lipinski definition) is 2. The molecule has 0 spiro atoms. The molecule has 46 valence electrons. The van der Waals surface area contributed by atoms with Gasteiger partial charge in [-0.2, -0.15) is 0 Å². The number of nitrogens with zero attached hydrogens (tertiary/aromatic N) is 2. The van der Waals surface area contributed by atoms with Gasteiger partial charge < -0.3 is 5.73 Å². The summed E-state index contributed by atoms with van der Waals surface area (Å²) in [6.45, 7) is 0. The first-order chi connectivity index (χ1) is 4.36. The highest BCUT2D eigenvalue weighted by atomic mass is 15.3. The first kappa shape index (κ1) is 4.43. The van der Waals surface area contributed by atoms with Crippen LogP contribution in [0.15, 0.2) is 18.5 Å². The van der Waals surface area contributed by atoms with Crippen molar-refractivity contribution in [3.63, 3.8) is 0 Å². The molecule has 2 aromatic heterocycles. The van der Waals surface area contributed by atoms with Crippen molar-refractivity contribution in [1.29, 1.82) is 0 Å². The number of aromatic amines is 1. The van der Waals surface area contributed by atoms with Crippen LogP contribution in [0.2, 0.25) is 0 Å². The Morgan fingerprint density at radius 1 is 1.67 bits per heavy atom. The van der Waals surface area contributed by atoms with Crippen LogP contribution >= 0.6 is 0 Å². The van der Waals surface area contributed by atoms with Crippen molar-refractivity contribution in [3.8, 4) is 0 Å². The Labute approximate surface area is 51.3 Å². The van der Waals surface area contributed by atoms with E-state index in [0.29, 0.717) is 5.82 Å². The zero-order chi connectivity index (χ0) is 6.27. The molecule has 0 saturated heterocycles. The number of fused-ring (bicyclic) bond motifs is 1. The number of anilines is 1. The van der Waals surface area contributed by atoms with Crippen molar-refractivity contribution in [2.24, 2.45) is 0 Å². The van der Waals surface area contributed by atoms with Gasteiger partial charge in [-0.3, -0.25) is 5.10 Å². The molecule has 0 fully saturated rings. The fraction of sp³-hybridized carbons (Fsp3) is 0. The molecule has 0 bridgehead atoms. The lowest BCUT2D eigenvalue weighted by Gasteiger charge is -1.78. The van der Waals surface area contributed by atoms with Gasteiger partial charge in [-0.05, 0) is 0 Å². The Bertz CT molecular complexity index is 290. The molecule has 0 radical (unpaired) electrons. The number of nitrogens with two attached hydrogens (primary N) is 1. The van der Waals surface area contributed by atoms with Gasteiger partial charge >= 0.3 is 0 Å². The topological polar surface area (TPSA) is 59.1 Å². The van der Waals surface area contributed by atoms with Crippen molar-refractivity contribution in [1.82, 2.24) is 14.6 Å². The van der Waals surface area contributed by atoms with Gasteiger partial charge in [0.05, 0.1) is 0 Å². The largest absolute Gasteiger partial charge is 0.384 e. The van der Waals surface area contributed by atoms with Crippen LogP contribution in [0.1, 0.15) is 0 Å². The van der Waals surface area contributed by atoms with E-state index in [1.54, 1.807) is 16.8 Å². The number of aromatic nitrogens is 3. The van der Waals surface area contributed by atoms with Gasteiger partial charge in [0, 0.05) is 18.5 Å². The predicted octanol–water partition coefficient (Wildman–Crippen LogP) is 0.245. The Morgan fingerprint density at radius 3 is 3.33 bits per heavy atom. The highest BCUT2D eigenvalue weighted by Crippen LogP contribution is 2.02. The van der Waals surface area contributed by atoms with Crippen LogP contribution in [0.5, 0.6) is 0 Å². The second-order valence-corrected chi connectivity index (χ2v) is 1.87. The van der Waals surface area contributed by atoms with E-state index < -0.39 is 0 Å². The summed E-state index contributed by atoms with van der Waals surface area (Å²) in [5.74, 6) is 0.637. The predicted molar refractivity (Wildman–Crippen MR) is 34.0 cm³/mol. The van der Waals surface area contributed by atoms with Gasteiger partial charge in [0.25, 0.3) is 0 Å². The molecule has 0 amide bonds. The Morgan fingerprint density at radius 2 is 2.56 bits per heavy atom. The zero-order valence-electron chi connectivity index (χ0n) is 4.70. The van der Waals surface area contributed by atoms with E-state index in [0.717, 1.165) is 5.65 Å². The number of nitrogen functional groups attached to an aromatic ring is 1. The second kappa shape index (κ2) is 1.28. The third kappa shape index (κ3) is 0.495. The molecule has 9 heavy (non-hydrogen) atoms. The van der Waals surface area contributed by atoms with E-state index in [1.807, 2.05) is 6.20 Å². The van der Waals surface area contributed by atoms with Gasteiger partial charge in [0.2, 0.25) is 0 Å². The van der Waals surface area contributed by atoms with Crippen LogP contribution in [-0.2, 0) is 0 Å². The van der Waals surface area contributed by atoms with Crippen LogP contribution in [0.4, 0.5) is 5.82 Å². The summed E-state index contributed by atoms with van der Waals surface area (Å²) in [5, 5.41) is 2.87. The Balaban J connectivity index is 2.92. The van der Waals surface area contributed by atoms with E-state index in [4.69, 9.17) is 5.73 Å². The molecule has 3 N–H and O–H groups in total. The molecule has 0 aliphatic rings. The van der Waals surface area contributed by atoms with E-state index in [-0.39, 0.29) is 0 Å². The van der Waals surface area contributed by atoms with Gasteiger partial charge in [0.1, 0.15) is 5.82 Å². The molecule has 0 aliphatic heterocycles. The number of H-pyrrole nitrogens is 1.